The van der Waals surface area contributed by atoms with Crippen molar-refractivity contribution in [2.45, 2.75) is 38.0 Å². The number of hydrogen-bond donors (Lipinski definition) is 2. The summed E-state index contributed by atoms with van der Waals surface area (Å²) in [6.45, 7) is 2.11. The van der Waals surface area contributed by atoms with Crippen molar-refractivity contribution in [3.8, 4) is 0 Å². The highest BCUT2D eigenvalue weighted by atomic mass is 16.3. The number of hydrogen-bond acceptors (Lipinski definition) is 3. The minimum absolute atomic E-state index is 0.433. The van der Waals surface area contributed by atoms with Gasteiger partial charge in [-0.3, -0.25) is 4.90 Å². The van der Waals surface area contributed by atoms with Gasteiger partial charge in [0.05, 0.1) is 0 Å². The van der Waals surface area contributed by atoms with Crippen LogP contribution in [-0.4, -0.2) is 29.1 Å². The molecule has 2 fully saturated rings. The minimum Gasteiger partial charge on any atom is -0.384 e. The van der Waals surface area contributed by atoms with Gasteiger partial charge >= 0.3 is 0 Å². The summed E-state index contributed by atoms with van der Waals surface area (Å²) in [6.07, 6.45) is 4.81. The van der Waals surface area contributed by atoms with Gasteiger partial charge in [0.25, 0.3) is 0 Å². The lowest BCUT2D eigenvalue weighted by atomic mass is 9.86. The summed E-state index contributed by atoms with van der Waals surface area (Å²) in [6, 6.07) is 8.82. The molecule has 1 saturated heterocycles. The first-order valence-corrected chi connectivity index (χ1v) is 7.61. The fourth-order valence-corrected chi connectivity index (χ4v) is 4.51. The van der Waals surface area contributed by atoms with Crippen molar-refractivity contribution in [3.05, 3.63) is 29.8 Å². The summed E-state index contributed by atoms with van der Waals surface area (Å²) in [5.74, 6) is 1.51. The third-order valence-electron chi connectivity index (χ3n) is 5.36. The molecule has 4 rings (SSSR count). The Morgan fingerprint density at radius 2 is 1.95 bits per heavy atom. The van der Waals surface area contributed by atoms with Gasteiger partial charge in [-0.2, -0.15) is 0 Å². The van der Waals surface area contributed by atoms with Crippen molar-refractivity contribution in [2.75, 3.05) is 18.4 Å². The number of aliphatic hydroxyl groups is 1. The average molecular weight is 258 g/mol. The minimum atomic E-state index is -0.433. The first-order valence-electron chi connectivity index (χ1n) is 7.61. The van der Waals surface area contributed by atoms with Gasteiger partial charge in [0.2, 0.25) is 0 Å². The SMILES string of the molecule is OC1c2ccccc2NCC2CC[C@H]3CCCN1[C@@H]23. The van der Waals surface area contributed by atoms with Crippen LogP contribution in [0.4, 0.5) is 5.69 Å². The summed E-state index contributed by atoms with van der Waals surface area (Å²) >= 11 is 0. The highest BCUT2D eigenvalue weighted by Gasteiger charge is 2.45. The van der Waals surface area contributed by atoms with E-state index in [0.717, 1.165) is 30.3 Å². The van der Waals surface area contributed by atoms with E-state index in [9.17, 15) is 5.11 Å². The van der Waals surface area contributed by atoms with Gasteiger partial charge < -0.3 is 10.4 Å². The van der Waals surface area contributed by atoms with Crippen molar-refractivity contribution in [1.82, 2.24) is 4.90 Å². The number of benzene rings is 1. The van der Waals surface area contributed by atoms with E-state index in [1.165, 1.54) is 25.7 Å². The number of fused-ring (bicyclic) bond motifs is 1. The summed E-state index contributed by atoms with van der Waals surface area (Å²) in [4.78, 5) is 2.38. The number of anilines is 1. The Labute approximate surface area is 114 Å². The van der Waals surface area contributed by atoms with Crippen LogP contribution in [0.5, 0.6) is 0 Å². The predicted molar refractivity (Wildman–Crippen MR) is 75.8 cm³/mol. The predicted octanol–water partition coefficient (Wildman–Crippen LogP) is 2.59. The number of nitrogens with one attached hydrogen (secondary N) is 1. The molecule has 102 valence electrons. The zero-order chi connectivity index (χ0) is 12.8. The fraction of sp³-hybridized carbons (Fsp3) is 0.625. The zero-order valence-corrected chi connectivity index (χ0v) is 11.3. The van der Waals surface area contributed by atoms with E-state index in [1.807, 2.05) is 12.1 Å². The molecule has 1 aliphatic carbocycles. The van der Waals surface area contributed by atoms with E-state index in [1.54, 1.807) is 0 Å². The van der Waals surface area contributed by atoms with Crippen LogP contribution < -0.4 is 5.32 Å². The van der Waals surface area contributed by atoms with Crippen molar-refractivity contribution in [2.24, 2.45) is 11.8 Å². The van der Waals surface area contributed by atoms with E-state index in [2.05, 4.69) is 22.3 Å². The smallest absolute Gasteiger partial charge is 0.135 e. The van der Waals surface area contributed by atoms with Crippen LogP contribution in [0.15, 0.2) is 24.3 Å². The normalized spacial score (nSPS) is 37.7. The molecule has 3 nitrogen and oxygen atoms in total. The highest BCUT2D eigenvalue weighted by Crippen LogP contribution is 2.45. The van der Waals surface area contributed by atoms with Gasteiger partial charge in [-0.15, -0.1) is 0 Å². The fourth-order valence-electron chi connectivity index (χ4n) is 4.51. The maximum Gasteiger partial charge on any atom is 0.135 e. The molecule has 3 aliphatic rings. The van der Waals surface area contributed by atoms with E-state index < -0.39 is 6.23 Å². The van der Waals surface area contributed by atoms with Gasteiger partial charge in [0.15, 0.2) is 0 Å². The number of piperidine rings is 1. The van der Waals surface area contributed by atoms with Crippen LogP contribution in [0.2, 0.25) is 0 Å². The van der Waals surface area contributed by atoms with E-state index in [0.29, 0.717) is 12.0 Å². The van der Waals surface area contributed by atoms with Gasteiger partial charge in [0.1, 0.15) is 6.23 Å². The molecule has 1 saturated carbocycles. The molecule has 3 heteroatoms. The van der Waals surface area contributed by atoms with Gasteiger partial charge in [0, 0.05) is 30.4 Å². The zero-order valence-electron chi connectivity index (χ0n) is 11.3. The lowest BCUT2D eigenvalue weighted by Crippen LogP contribution is -2.50. The lowest BCUT2D eigenvalue weighted by molar-refractivity contribution is -0.0663. The molecular formula is C16H22N2O. The van der Waals surface area contributed by atoms with E-state index >= 15 is 0 Å². The lowest BCUT2D eigenvalue weighted by Gasteiger charge is -2.45. The van der Waals surface area contributed by atoms with Crippen LogP contribution in [0.25, 0.3) is 0 Å². The molecule has 1 aromatic rings. The second-order valence-corrected chi connectivity index (χ2v) is 6.31. The summed E-state index contributed by atoms with van der Waals surface area (Å²) in [7, 11) is 0. The van der Waals surface area contributed by atoms with Crippen LogP contribution in [0, 0.1) is 11.8 Å². The molecular weight excluding hydrogens is 236 g/mol. The number of rotatable bonds is 0. The maximum atomic E-state index is 10.8. The Morgan fingerprint density at radius 3 is 2.89 bits per heavy atom. The Morgan fingerprint density at radius 1 is 1.11 bits per heavy atom. The standard InChI is InChI=1S/C16H22N2O/c19-16-13-5-1-2-6-14(13)17-10-12-8-7-11-4-3-9-18(16)15(11)12/h1-2,5-6,11-12,15-17,19H,3-4,7-10H2/t11-,12?,15-,16?/m1/s1. The van der Waals surface area contributed by atoms with Crippen molar-refractivity contribution in [1.29, 1.82) is 0 Å². The second kappa shape index (κ2) is 4.50. The van der Waals surface area contributed by atoms with Gasteiger partial charge in [-0.1, -0.05) is 18.2 Å². The van der Waals surface area contributed by atoms with Crippen LogP contribution >= 0.6 is 0 Å². The van der Waals surface area contributed by atoms with Crippen molar-refractivity contribution >= 4 is 5.69 Å². The summed E-state index contributed by atoms with van der Waals surface area (Å²) in [5, 5.41) is 14.4. The topological polar surface area (TPSA) is 35.5 Å². The first kappa shape index (κ1) is 11.7. The molecule has 2 aliphatic heterocycles. The molecule has 2 unspecified atom stereocenters. The van der Waals surface area contributed by atoms with Gasteiger partial charge in [-0.25, -0.2) is 0 Å². The number of nitrogens with zero attached hydrogens (tertiary/aromatic N) is 1. The quantitative estimate of drug-likeness (QED) is 0.751. The summed E-state index contributed by atoms with van der Waals surface area (Å²) < 4.78 is 0. The average Bonchev–Trinajstić information content (AvgIpc) is 2.86. The number of aliphatic hydroxyl groups excluding tert-OH is 1. The molecule has 0 aromatic heterocycles. The molecule has 0 radical (unpaired) electrons. The molecule has 0 bridgehead atoms. The van der Waals surface area contributed by atoms with Crippen LogP contribution in [0.3, 0.4) is 0 Å². The number of para-hydroxylation sites is 1. The molecule has 1 aromatic carbocycles. The largest absolute Gasteiger partial charge is 0.384 e. The third-order valence-corrected chi connectivity index (χ3v) is 5.36. The van der Waals surface area contributed by atoms with Gasteiger partial charge in [-0.05, 0) is 43.6 Å². The molecule has 0 amide bonds. The Hall–Kier alpha value is -1.06. The highest BCUT2D eigenvalue weighted by molar-refractivity contribution is 5.52. The molecule has 0 spiro atoms. The van der Waals surface area contributed by atoms with Crippen molar-refractivity contribution in [3.63, 3.8) is 0 Å². The molecule has 4 atom stereocenters. The first-order chi connectivity index (χ1) is 9.34. The summed E-state index contributed by atoms with van der Waals surface area (Å²) in [5.41, 5.74) is 2.16. The molecule has 19 heavy (non-hydrogen) atoms. The molecule has 2 heterocycles. The molecule has 2 N–H and O–H groups in total. The Bertz CT molecular complexity index is 476. The van der Waals surface area contributed by atoms with Crippen LogP contribution in [-0.2, 0) is 0 Å². The van der Waals surface area contributed by atoms with E-state index in [-0.39, 0.29) is 0 Å². The van der Waals surface area contributed by atoms with Crippen LogP contribution in [0.1, 0.15) is 37.5 Å². The third kappa shape index (κ3) is 1.79. The second-order valence-electron chi connectivity index (χ2n) is 6.31. The monoisotopic (exact) mass is 258 g/mol. The van der Waals surface area contributed by atoms with Crippen molar-refractivity contribution < 1.29 is 5.11 Å². The van der Waals surface area contributed by atoms with E-state index in [4.69, 9.17) is 0 Å². The Kier molecular flexibility index (Phi) is 2.78. The Balaban J connectivity index is 1.76. The maximum absolute atomic E-state index is 10.8.